The van der Waals surface area contributed by atoms with E-state index in [-0.39, 0.29) is 5.41 Å². The number of benzene rings is 1. The van der Waals surface area contributed by atoms with Gasteiger partial charge in [-0.1, -0.05) is 93.1 Å². The highest BCUT2D eigenvalue weighted by Gasteiger charge is 2.53. The number of hydrogen-bond donors (Lipinski definition) is 0. The Kier molecular flexibility index (Phi) is 4.04. The van der Waals surface area contributed by atoms with Crippen molar-refractivity contribution in [2.75, 3.05) is 0 Å². The molecular weight excluding hydrogens is 360 g/mol. The molecule has 5 atom stereocenters. The predicted octanol–water partition coefficient (Wildman–Crippen LogP) is 7.84. The van der Waals surface area contributed by atoms with Gasteiger partial charge in [0.2, 0.25) is 0 Å². The van der Waals surface area contributed by atoms with Crippen LogP contribution in [0.15, 0.2) is 94.7 Å². The molecule has 0 bridgehead atoms. The normalized spacial score (nSPS) is 36.6. The summed E-state index contributed by atoms with van der Waals surface area (Å²) in [5.74, 6) is 2.38. The highest BCUT2D eigenvalue weighted by molar-refractivity contribution is 5.91. The van der Waals surface area contributed by atoms with Crippen LogP contribution in [0.25, 0.3) is 5.57 Å². The maximum atomic E-state index is 2.64. The molecule has 0 heteroatoms. The van der Waals surface area contributed by atoms with Crippen LogP contribution < -0.4 is 0 Å². The summed E-state index contributed by atoms with van der Waals surface area (Å²) in [6, 6.07) is 11.2. The van der Waals surface area contributed by atoms with Crippen LogP contribution in [0, 0.1) is 29.1 Å². The van der Waals surface area contributed by atoms with Gasteiger partial charge in [0.05, 0.1) is 0 Å². The van der Waals surface area contributed by atoms with Crippen molar-refractivity contribution >= 4 is 5.57 Å². The monoisotopic (exact) mass is 392 g/mol. The van der Waals surface area contributed by atoms with E-state index in [9.17, 15) is 0 Å². The van der Waals surface area contributed by atoms with Gasteiger partial charge in [-0.3, -0.25) is 0 Å². The van der Waals surface area contributed by atoms with Crippen molar-refractivity contribution in [2.24, 2.45) is 29.1 Å². The van der Waals surface area contributed by atoms with Crippen molar-refractivity contribution in [3.05, 3.63) is 100 Å². The molecule has 1 fully saturated rings. The summed E-state index contributed by atoms with van der Waals surface area (Å²) < 4.78 is 0. The third-order valence-corrected chi connectivity index (χ3v) is 8.34. The van der Waals surface area contributed by atoms with Crippen LogP contribution in [0.1, 0.15) is 52.0 Å². The van der Waals surface area contributed by atoms with E-state index < -0.39 is 0 Å². The van der Waals surface area contributed by atoms with Gasteiger partial charge in [-0.15, -0.1) is 0 Å². The van der Waals surface area contributed by atoms with Crippen LogP contribution in [0.3, 0.4) is 0 Å². The predicted molar refractivity (Wildman–Crippen MR) is 127 cm³/mol. The van der Waals surface area contributed by atoms with Gasteiger partial charge in [0.25, 0.3) is 0 Å². The number of rotatable bonds is 2. The molecule has 30 heavy (non-hydrogen) atoms. The lowest BCUT2D eigenvalue weighted by Gasteiger charge is -2.42. The molecule has 6 rings (SSSR count). The summed E-state index contributed by atoms with van der Waals surface area (Å²) in [7, 11) is 0. The van der Waals surface area contributed by atoms with Crippen LogP contribution in [0.4, 0.5) is 0 Å². The molecule has 0 aromatic heterocycles. The van der Waals surface area contributed by atoms with Gasteiger partial charge < -0.3 is 0 Å². The van der Waals surface area contributed by atoms with Crippen molar-refractivity contribution < 1.29 is 0 Å². The van der Waals surface area contributed by atoms with E-state index in [1.807, 2.05) is 0 Å². The minimum absolute atomic E-state index is 0.251. The highest BCUT2D eigenvalue weighted by atomic mass is 14.6. The molecule has 0 radical (unpaired) electrons. The molecule has 0 nitrogen and oxygen atoms in total. The summed E-state index contributed by atoms with van der Waals surface area (Å²) in [6.45, 7) is 7.40. The fourth-order valence-electron chi connectivity index (χ4n) is 7.36. The molecule has 0 aliphatic heterocycles. The highest BCUT2D eigenvalue weighted by Crippen LogP contribution is 2.65. The Labute approximate surface area is 181 Å². The van der Waals surface area contributed by atoms with Gasteiger partial charge in [0, 0.05) is 11.8 Å². The van der Waals surface area contributed by atoms with Crippen molar-refractivity contribution in [3.8, 4) is 0 Å². The van der Waals surface area contributed by atoms with E-state index in [1.165, 1.54) is 31.2 Å². The van der Waals surface area contributed by atoms with Gasteiger partial charge in [0.15, 0.2) is 0 Å². The SMILES string of the molecule is CC1C=C2C3=C(C4CC=CCC4)C(C)C(c4ccccc4)=C3C3=CC=CC(C)(C1)C32. The zero-order valence-corrected chi connectivity index (χ0v) is 18.5. The van der Waals surface area contributed by atoms with Crippen LogP contribution in [-0.4, -0.2) is 0 Å². The second-order valence-corrected chi connectivity index (χ2v) is 10.4. The Balaban J connectivity index is 1.64. The molecule has 5 aliphatic carbocycles. The van der Waals surface area contributed by atoms with Gasteiger partial charge in [0.1, 0.15) is 0 Å². The Morgan fingerprint density at radius 2 is 1.80 bits per heavy atom. The minimum atomic E-state index is 0.251. The van der Waals surface area contributed by atoms with E-state index in [4.69, 9.17) is 0 Å². The first-order chi connectivity index (χ1) is 14.6. The molecule has 0 heterocycles. The molecule has 5 unspecified atom stereocenters. The Bertz CT molecular complexity index is 1080. The Morgan fingerprint density at radius 1 is 0.967 bits per heavy atom. The third-order valence-electron chi connectivity index (χ3n) is 8.34. The molecular formula is C30H32. The molecule has 0 amide bonds. The molecule has 1 aromatic carbocycles. The third kappa shape index (κ3) is 2.46. The summed E-state index contributed by atoms with van der Waals surface area (Å²) in [5.41, 5.74) is 11.5. The van der Waals surface area contributed by atoms with Crippen LogP contribution in [0.5, 0.6) is 0 Å². The average molecular weight is 393 g/mol. The van der Waals surface area contributed by atoms with Gasteiger partial charge in [-0.25, -0.2) is 0 Å². The first-order valence-electron chi connectivity index (χ1n) is 11.9. The van der Waals surface area contributed by atoms with Gasteiger partial charge in [-0.2, -0.15) is 0 Å². The standard InChI is InChI=1S/C30H32/c1-19-17-24-28-26(22-13-8-5-9-14-22)20(2)25(21-11-6-4-7-12-21)27(28)23-15-10-16-30(3,18-19)29(23)24/h4-8,10-12,15-17,19-20,22,29H,9,13-14,18H2,1-3H3. The van der Waals surface area contributed by atoms with E-state index in [2.05, 4.69) is 87.6 Å². The van der Waals surface area contributed by atoms with Crippen LogP contribution in [-0.2, 0) is 0 Å². The van der Waals surface area contributed by atoms with Gasteiger partial charge in [-0.05, 0) is 76.4 Å². The van der Waals surface area contributed by atoms with Crippen molar-refractivity contribution in [1.82, 2.24) is 0 Å². The lowest BCUT2D eigenvalue weighted by Crippen LogP contribution is -2.33. The fraction of sp³-hybridized carbons (Fsp3) is 0.400. The maximum absolute atomic E-state index is 2.64. The van der Waals surface area contributed by atoms with Crippen molar-refractivity contribution in [2.45, 2.75) is 46.5 Å². The number of hydrogen-bond acceptors (Lipinski definition) is 0. The molecule has 5 aliphatic rings. The smallest absolute Gasteiger partial charge is 0.0187 e. The lowest BCUT2D eigenvalue weighted by atomic mass is 9.61. The molecule has 1 saturated carbocycles. The maximum Gasteiger partial charge on any atom is 0.0187 e. The minimum Gasteiger partial charge on any atom is -0.0885 e. The molecule has 1 aromatic rings. The van der Waals surface area contributed by atoms with Gasteiger partial charge >= 0.3 is 0 Å². The first kappa shape index (κ1) is 18.4. The second-order valence-electron chi connectivity index (χ2n) is 10.4. The molecule has 0 spiro atoms. The van der Waals surface area contributed by atoms with Crippen LogP contribution in [0.2, 0.25) is 0 Å². The number of fused-ring (bicyclic) bond motifs is 3. The summed E-state index contributed by atoms with van der Waals surface area (Å²) in [6.07, 6.45) is 19.7. The zero-order chi connectivity index (χ0) is 20.5. The van der Waals surface area contributed by atoms with Crippen molar-refractivity contribution in [1.29, 1.82) is 0 Å². The molecule has 0 saturated heterocycles. The van der Waals surface area contributed by atoms with E-state index in [1.54, 1.807) is 33.4 Å². The second kappa shape index (κ2) is 6.58. The topological polar surface area (TPSA) is 0 Å². The summed E-state index contributed by atoms with van der Waals surface area (Å²) in [5, 5.41) is 0. The Morgan fingerprint density at radius 3 is 2.57 bits per heavy atom. The van der Waals surface area contributed by atoms with E-state index >= 15 is 0 Å². The summed E-state index contributed by atoms with van der Waals surface area (Å²) >= 11 is 0. The van der Waals surface area contributed by atoms with Crippen LogP contribution >= 0.6 is 0 Å². The van der Waals surface area contributed by atoms with Crippen molar-refractivity contribution in [3.63, 3.8) is 0 Å². The lowest BCUT2D eigenvalue weighted by molar-refractivity contribution is 0.264. The quantitative estimate of drug-likeness (QED) is 0.450. The molecule has 152 valence electrons. The molecule has 0 N–H and O–H groups in total. The largest absolute Gasteiger partial charge is 0.0885 e. The number of allylic oxidation sites excluding steroid dienone is 12. The fourth-order valence-corrected chi connectivity index (χ4v) is 7.36. The first-order valence-corrected chi connectivity index (χ1v) is 11.9. The summed E-state index contributed by atoms with van der Waals surface area (Å²) in [4.78, 5) is 0. The Hall–Kier alpha value is -2.34. The van der Waals surface area contributed by atoms with E-state index in [0.717, 1.165) is 0 Å². The van der Waals surface area contributed by atoms with E-state index in [0.29, 0.717) is 23.7 Å². The zero-order valence-electron chi connectivity index (χ0n) is 18.5. The average Bonchev–Trinajstić information content (AvgIpc) is 3.22.